The Morgan fingerprint density at radius 2 is 2.10 bits per heavy atom. The minimum absolute atomic E-state index is 0.162. The first-order valence-electron chi connectivity index (χ1n) is 2.73. The molecule has 0 aromatic heterocycles. The highest BCUT2D eigenvalue weighted by molar-refractivity contribution is 5.90. The number of rotatable bonds is 3. The second-order valence-corrected chi connectivity index (χ2v) is 1.60. The number of allylic oxidation sites excluding steroid dienone is 3. The Kier molecular flexibility index (Phi) is 3.87. The van der Waals surface area contributed by atoms with Crippen LogP contribution in [0.5, 0.6) is 0 Å². The average Bonchev–Trinajstić information content (AvgIpc) is 1.86. The molecule has 0 saturated heterocycles. The number of hydrogen-bond donors (Lipinski definition) is 1. The molecule has 0 saturated carbocycles. The fourth-order valence-electron chi connectivity index (χ4n) is 0.456. The molecule has 0 aromatic rings. The van der Waals surface area contributed by atoms with Gasteiger partial charge >= 0.3 is 5.97 Å². The summed E-state index contributed by atoms with van der Waals surface area (Å²) in [4.78, 5) is 20.0. The fraction of sp³-hybridized carbons (Fsp3) is 0.143. The predicted molar refractivity (Wildman–Crippen MR) is 36.6 cm³/mol. The Labute approximate surface area is 58.7 Å². The molecule has 10 heavy (non-hydrogen) atoms. The van der Waals surface area contributed by atoms with Gasteiger partial charge in [-0.05, 0) is 6.92 Å². The normalized spacial score (nSPS) is 11.9. The lowest BCUT2D eigenvalue weighted by Gasteiger charge is -1.83. The van der Waals surface area contributed by atoms with E-state index in [4.69, 9.17) is 5.11 Å². The lowest BCUT2D eigenvalue weighted by Crippen LogP contribution is -1.90. The number of carbonyl (C=O) groups is 2. The van der Waals surface area contributed by atoms with Crippen LogP contribution in [0.2, 0.25) is 0 Å². The van der Waals surface area contributed by atoms with E-state index in [1.165, 1.54) is 6.08 Å². The molecule has 0 atom stereocenters. The van der Waals surface area contributed by atoms with Gasteiger partial charge in [-0.1, -0.05) is 12.2 Å². The molecule has 3 nitrogen and oxygen atoms in total. The van der Waals surface area contributed by atoms with Crippen LogP contribution in [0.3, 0.4) is 0 Å². The summed E-state index contributed by atoms with van der Waals surface area (Å²) in [5.74, 6) is -1.11. The van der Waals surface area contributed by atoms with Crippen molar-refractivity contribution in [3.8, 4) is 0 Å². The van der Waals surface area contributed by atoms with Gasteiger partial charge < -0.3 is 5.11 Å². The van der Waals surface area contributed by atoms with Crippen LogP contribution in [0.15, 0.2) is 23.8 Å². The Balaban J connectivity index is 4.33. The van der Waals surface area contributed by atoms with E-state index in [0.29, 0.717) is 6.29 Å². The van der Waals surface area contributed by atoms with Crippen LogP contribution in [-0.4, -0.2) is 17.4 Å². The quantitative estimate of drug-likeness (QED) is 0.358. The van der Waals surface area contributed by atoms with Crippen molar-refractivity contribution in [2.45, 2.75) is 6.92 Å². The number of aldehydes is 1. The molecule has 0 radical (unpaired) electrons. The van der Waals surface area contributed by atoms with Gasteiger partial charge in [0.25, 0.3) is 0 Å². The van der Waals surface area contributed by atoms with Crippen LogP contribution < -0.4 is 0 Å². The van der Waals surface area contributed by atoms with Crippen molar-refractivity contribution in [3.63, 3.8) is 0 Å². The van der Waals surface area contributed by atoms with Crippen molar-refractivity contribution >= 4 is 12.3 Å². The van der Waals surface area contributed by atoms with Gasteiger partial charge in [0, 0.05) is 11.6 Å². The second kappa shape index (κ2) is 4.49. The minimum Gasteiger partial charge on any atom is -0.478 e. The standard InChI is InChI=1S/C7H8O3/c1-2-3-6(5-8)4-7(9)10/h2-5H,1H3,(H,9,10)/b3-2+,6-4-. The summed E-state index contributed by atoms with van der Waals surface area (Å²) in [5, 5.41) is 8.17. The summed E-state index contributed by atoms with van der Waals surface area (Å²) in [6, 6.07) is 0. The van der Waals surface area contributed by atoms with Crippen LogP contribution in [-0.2, 0) is 9.59 Å². The molecule has 0 rings (SSSR count). The molecule has 0 fully saturated rings. The molecule has 0 aliphatic heterocycles. The molecule has 0 spiro atoms. The van der Waals surface area contributed by atoms with Crippen molar-refractivity contribution in [3.05, 3.63) is 23.8 Å². The van der Waals surface area contributed by atoms with Crippen LogP contribution in [0.25, 0.3) is 0 Å². The minimum atomic E-state index is -1.11. The largest absolute Gasteiger partial charge is 0.478 e. The molecule has 0 aromatic carbocycles. The Morgan fingerprint density at radius 3 is 2.40 bits per heavy atom. The molecule has 0 aliphatic rings. The SMILES string of the molecule is C/C=C/C(C=O)=C/C(=O)O. The molecule has 0 amide bonds. The fourth-order valence-corrected chi connectivity index (χ4v) is 0.456. The van der Waals surface area contributed by atoms with Gasteiger partial charge in [-0.15, -0.1) is 0 Å². The monoisotopic (exact) mass is 140 g/mol. The third-order valence-corrected chi connectivity index (χ3v) is 0.785. The smallest absolute Gasteiger partial charge is 0.329 e. The maximum Gasteiger partial charge on any atom is 0.329 e. The van der Waals surface area contributed by atoms with Gasteiger partial charge in [0.1, 0.15) is 6.29 Å². The molecular formula is C7H8O3. The van der Waals surface area contributed by atoms with Gasteiger partial charge in [0.05, 0.1) is 0 Å². The first kappa shape index (κ1) is 8.62. The summed E-state index contributed by atoms with van der Waals surface area (Å²) in [7, 11) is 0. The summed E-state index contributed by atoms with van der Waals surface area (Å²) >= 11 is 0. The van der Waals surface area contributed by atoms with Gasteiger partial charge in [-0.3, -0.25) is 4.79 Å². The summed E-state index contributed by atoms with van der Waals surface area (Å²) in [5.41, 5.74) is 0.162. The van der Waals surface area contributed by atoms with Gasteiger partial charge in [0.2, 0.25) is 0 Å². The number of carboxylic acid groups (broad SMARTS) is 1. The van der Waals surface area contributed by atoms with Gasteiger partial charge in [-0.25, -0.2) is 4.79 Å². The summed E-state index contributed by atoms with van der Waals surface area (Å²) < 4.78 is 0. The average molecular weight is 140 g/mol. The van der Waals surface area contributed by atoms with Crippen LogP contribution in [0.4, 0.5) is 0 Å². The molecule has 3 heteroatoms. The number of aliphatic carboxylic acids is 1. The van der Waals surface area contributed by atoms with Crippen molar-refractivity contribution in [1.82, 2.24) is 0 Å². The van der Waals surface area contributed by atoms with Crippen LogP contribution in [0.1, 0.15) is 6.92 Å². The third-order valence-electron chi connectivity index (χ3n) is 0.785. The molecule has 54 valence electrons. The van der Waals surface area contributed by atoms with E-state index in [9.17, 15) is 9.59 Å². The molecule has 0 heterocycles. The Morgan fingerprint density at radius 1 is 1.50 bits per heavy atom. The van der Waals surface area contributed by atoms with E-state index < -0.39 is 5.97 Å². The zero-order chi connectivity index (χ0) is 7.98. The lowest BCUT2D eigenvalue weighted by molar-refractivity contribution is -0.131. The number of hydrogen-bond acceptors (Lipinski definition) is 2. The van der Waals surface area contributed by atoms with Gasteiger partial charge in [0.15, 0.2) is 0 Å². The number of carboxylic acids is 1. The van der Waals surface area contributed by atoms with E-state index >= 15 is 0 Å². The molecular weight excluding hydrogens is 132 g/mol. The summed E-state index contributed by atoms with van der Waals surface area (Å²) in [6.07, 6.45) is 4.38. The van der Waals surface area contributed by atoms with Crippen molar-refractivity contribution in [2.75, 3.05) is 0 Å². The van der Waals surface area contributed by atoms with Gasteiger partial charge in [-0.2, -0.15) is 0 Å². The Hall–Kier alpha value is -1.38. The van der Waals surface area contributed by atoms with Crippen molar-refractivity contribution < 1.29 is 14.7 Å². The highest BCUT2D eigenvalue weighted by Crippen LogP contribution is 1.90. The lowest BCUT2D eigenvalue weighted by atomic mass is 10.2. The van der Waals surface area contributed by atoms with Crippen LogP contribution >= 0.6 is 0 Å². The topological polar surface area (TPSA) is 54.4 Å². The highest BCUT2D eigenvalue weighted by atomic mass is 16.4. The van der Waals surface area contributed by atoms with E-state index in [2.05, 4.69) is 0 Å². The maximum absolute atomic E-state index is 10.0. The van der Waals surface area contributed by atoms with Crippen molar-refractivity contribution in [2.24, 2.45) is 0 Å². The van der Waals surface area contributed by atoms with E-state index in [1.54, 1.807) is 13.0 Å². The molecule has 1 N–H and O–H groups in total. The first-order valence-corrected chi connectivity index (χ1v) is 2.73. The molecule has 0 aliphatic carbocycles. The highest BCUT2D eigenvalue weighted by Gasteiger charge is 1.91. The molecule has 0 bridgehead atoms. The number of carbonyl (C=O) groups excluding carboxylic acids is 1. The first-order chi connectivity index (χ1) is 4.70. The zero-order valence-corrected chi connectivity index (χ0v) is 5.57. The third kappa shape index (κ3) is 3.60. The zero-order valence-electron chi connectivity index (χ0n) is 5.57. The molecule has 0 unspecified atom stereocenters. The summed E-state index contributed by atoms with van der Waals surface area (Å²) in [6.45, 7) is 1.71. The predicted octanol–water partition coefficient (Wildman–Crippen LogP) is 0.772. The second-order valence-electron chi connectivity index (χ2n) is 1.60. The Bertz CT molecular complexity index is 189. The van der Waals surface area contributed by atoms with Crippen LogP contribution in [0, 0.1) is 0 Å². The van der Waals surface area contributed by atoms with E-state index in [1.807, 2.05) is 0 Å². The van der Waals surface area contributed by atoms with E-state index in [0.717, 1.165) is 6.08 Å². The van der Waals surface area contributed by atoms with Crippen molar-refractivity contribution in [1.29, 1.82) is 0 Å². The maximum atomic E-state index is 10.0. The van der Waals surface area contributed by atoms with E-state index in [-0.39, 0.29) is 5.57 Å².